The lowest BCUT2D eigenvalue weighted by molar-refractivity contribution is -0.118. The minimum atomic E-state index is -0.0689. The van der Waals surface area contributed by atoms with E-state index in [1.807, 2.05) is 6.92 Å². The molecule has 2 amide bonds. The molecule has 3 rings (SSSR count). The molecule has 0 bridgehead atoms. The van der Waals surface area contributed by atoms with Crippen LogP contribution in [0.1, 0.15) is 43.0 Å². The molecule has 5 heteroatoms. The number of carbonyl (C=O) groups excluding carboxylic acids is 2. The Balaban J connectivity index is 1.54. The molecule has 1 aliphatic heterocycles. The Morgan fingerprint density at radius 2 is 1.91 bits per heavy atom. The summed E-state index contributed by atoms with van der Waals surface area (Å²) in [7, 11) is 0. The van der Waals surface area contributed by atoms with Gasteiger partial charge in [-0.25, -0.2) is 0 Å². The van der Waals surface area contributed by atoms with E-state index in [4.69, 9.17) is 0 Å². The molecular formula is C18H25N3O2. The van der Waals surface area contributed by atoms with Crippen LogP contribution in [0.4, 0.5) is 5.69 Å². The van der Waals surface area contributed by atoms with E-state index in [-0.39, 0.29) is 23.1 Å². The molecule has 3 N–H and O–H groups in total. The number of hydrogen-bond donors (Lipinski definition) is 3. The third-order valence-corrected chi connectivity index (χ3v) is 5.06. The summed E-state index contributed by atoms with van der Waals surface area (Å²) in [5.74, 6) is 0.202. The number of piperidine rings is 1. The fraction of sp³-hybridized carbons (Fsp3) is 0.556. The van der Waals surface area contributed by atoms with Gasteiger partial charge in [0.15, 0.2) is 0 Å². The molecule has 1 aromatic carbocycles. The highest BCUT2D eigenvalue weighted by molar-refractivity contribution is 5.97. The van der Waals surface area contributed by atoms with Crippen LogP contribution in [0.2, 0.25) is 0 Å². The van der Waals surface area contributed by atoms with Crippen molar-refractivity contribution in [1.82, 2.24) is 10.6 Å². The van der Waals surface area contributed by atoms with Crippen molar-refractivity contribution in [3.63, 3.8) is 0 Å². The highest BCUT2D eigenvalue weighted by atomic mass is 16.2. The second-order valence-electron chi connectivity index (χ2n) is 6.69. The normalized spacial score (nSPS) is 21.7. The number of benzene rings is 1. The van der Waals surface area contributed by atoms with E-state index in [1.165, 1.54) is 0 Å². The van der Waals surface area contributed by atoms with Crippen molar-refractivity contribution < 1.29 is 9.59 Å². The fourth-order valence-corrected chi connectivity index (χ4v) is 3.47. The lowest BCUT2D eigenvalue weighted by Crippen LogP contribution is -2.31. The van der Waals surface area contributed by atoms with Gasteiger partial charge in [0.05, 0.1) is 0 Å². The zero-order chi connectivity index (χ0) is 16.3. The van der Waals surface area contributed by atoms with Crippen LogP contribution in [0.3, 0.4) is 0 Å². The number of anilines is 1. The van der Waals surface area contributed by atoms with Crippen LogP contribution in [0.15, 0.2) is 24.3 Å². The van der Waals surface area contributed by atoms with Crippen LogP contribution < -0.4 is 16.0 Å². The Kier molecular flexibility index (Phi) is 4.66. The maximum Gasteiger partial charge on any atom is 0.251 e. The van der Waals surface area contributed by atoms with Crippen molar-refractivity contribution in [1.29, 1.82) is 0 Å². The predicted molar refractivity (Wildman–Crippen MR) is 90.3 cm³/mol. The van der Waals surface area contributed by atoms with Crippen molar-refractivity contribution in [3.05, 3.63) is 29.8 Å². The van der Waals surface area contributed by atoms with Gasteiger partial charge in [-0.15, -0.1) is 0 Å². The number of rotatable bonds is 5. The number of amides is 2. The minimum Gasteiger partial charge on any atom is -0.352 e. The topological polar surface area (TPSA) is 70.2 Å². The molecule has 1 spiro atoms. The van der Waals surface area contributed by atoms with Crippen LogP contribution in [0.5, 0.6) is 0 Å². The molecule has 1 unspecified atom stereocenters. The van der Waals surface area contributed by atoms with Crippen molar-refractivity contribution in [2.24, 2.45) is 11.3 Å². The van der Waals surface area contributed by atoms with Gasteiger partial charge in [0.1, 0.15) is 0 Å². The largest absolute Gasteiger partial charge is 0.352 e. The summed E-state index contributed by atoms with van der Waals surface area (Å²) >= 11 is 0. The van der Waals surface area contributed by atoms with Crippen LogP contribution in [0.25, 0.3) is 0 Å². The third kappa shape index (κ3) is 3.55. The van der Waals surface area contributed by atoms with Gasteiger partial charge in [-0.3, -0.25) is 9.59 Å². The van der Waals surface area contributed by atoms with Gasteiger partial charge in [-0.05, 0) is 68.5 Å². The second kappa shape index (κ2) is 6.71. The molecule has 1 aromatic rings. The number of hydrogen-bond acceptors (Lipinski definition) is 3. The van der Waals surface area contributed by atoms with E-state index in [0.29, 0.717) is 12.1 Å². The van der Waals surface area contributed by atoms with Gasteiger partial charge in [0, 0.05) is 23.7 Å². The molecule has 2 aliphatic rings. The molecule has 1 saturated carbocycles. The van der Waals surface area contributed by atoms with Crippen LogP contribution >= 0.6 is 0 Å². The van der Waals surface area contributed by atoms with Crippen LogP contribution in [-0.2, 0) is 4.79 Å². The van der Waals surface area contributed by atoms with Crippen molar-refractivity contribution in [2.45, 2.75) is 32.6 Å². The molecule has 0 radical (unpaired) electrons. The van der Waals surface area contributed by atoms with Crippen LogP contribution in [-0.4, -0.2) is 31.4 Å². The second-order valence-corrected chi connectivity index (χ2v) is 6.69. The molecule has 1 saturated heterocycles. The highest BCUT2D eigenvalue weighted by Gasteiger charge is 2.57. The Bertz CT molecular complexity index is 576. The van der Waals surface area contributed by atoms with Gasteiger partial charge in [0.25, 0.3) is 5.91 Å². The van der Waals surface area contributed by atoms with E-state index < -0.39 is 0 Å². The summed E-state index contributed by atoms with van der Waals surface area (Å²) in [5.41, 5.74) is 1.63. The van der Waals surface area contributed by atoms with Crippen molar-refractivity contribution in [3.8, 4) is 0 Å². The Morgan fingerprint density at radius 3 is 2.57 bits per heavy atom. The molecule has 5 nitrogen and oxygen atoms in total. The standard InChI is InChI=1S/C18H25N3O2/c1-2-9-20-16(22)13-3-5-14(6-4-13)21-17(23)15-12-18(15)7-10-19-11-8-18/h3-6,15,19H,2,7-12H2,1H3,(H,20,22)(H,21,23). The average molecular weight is 315 g/mol. The maximum atomic E-state index is 12.4. The summed E-state index contributed by atoms with van der Waals surface area (Å²) < 4.78 is 0. The summed E-state index contributed by atoms with van der Waals surface area (Å²) in [5, 5.41) is 9.19. The molecule has 1 heterocycles. The van der Waals surface area contributed by atoms with Gasteiger partial charge in [-0.2, -0.15) is 0 Å². The SMILES string of the molecule is CCCNC(=O)c1ccc(NC(=O)C2CC23CCNCC3)cc1. The van der Waals surface area contributed by atoms with E-state index in [1.54, 1.807) is 24.3 Å². The molecule has 0 aromatic heterocycles. The first-order chi connectivity index (χ1) is 11.1. The summed E-state index contributed by atoms with van der Waals surface area (Å²) in [4.78, 5) is 24.3. The molecule has 2 fully saturated rings. The van der Waals surface area contributed by atoms with Gasteiger partial charge in [-0.1, -0.05) is 6.92 Å². The molecular weight excluding hydrogens is 290 g/mol. The van der Waals surface area contributed by atoms with Crippen molar-refractivity contribution in [2.75, 3.05) is 25.0 Å². The van der Waals surface area contributed by atoms with Gasteiger partial charge < -0.3 is 16.0 Å². The van der Waals surface area contributed by atoms with Gasteiger partial charge in [0.2, 0.25) is 5.91 Å². The average Bonchev–Trinajstić information content (AvgIpc) is 3.27. The van der Waals surface area contributed by atoms with E-state index in [9.17, 15) is 9.59 Å². The van der Waals surface area contributed by atoms with E-state index in [0.717, 1.165) is 44.5 Å². The lowest BCUT2D eigenvalue weighted by atomic mass is 9.92. The first kappa shape index (κ1) is 16.0. The first-order valence-corrected chi connectivity index (χ1v) is 8.54. The molecule has 1 aliphatic carbocycles. The zero-order valence-electron chi connectivity index (χ0n) is 13.7. The van der Waals surface area contributed by atoms with E-state index in [2.05, 4.69) is 16.0 Å². The first-order valence-electron chi connectivity index (χ1n) is 8.54. The quantitative estimate of drug-likeness (QED) is 0.780. The third-order valence-electron chi connectivity index (χ3n) is 5.06. The summed E-state index contributed by atoms with van der Waals surface area (Å²) in [6.07, 6.45) is 4.12. The Hall–Kier alpha value is -1.88. The predicted octanol–water partition coefficient (Wildman–Crippen LogP) is 2.15. The summed E-state index contributed by atoms with van der Waals surface area (Å²) in [6.45, 7) is 4.73. The molecule has 1 atom stereocenters. The van der Waals surface area contributed by atoms with Crippen molar-refractivity contribution >= 4 is 17.5 Å². The molecule has 23 heavy (non-hydrogen) atoms. The Morgan fingerprint density at radius 1 is 1.22 bits per heavy atom. The smallest absolute Gasteiger partial charge is 0.251 e. The maximum absolute atomic E-state index is 12.4. The van der Waals surface area contributed by atoms with Crippen LogP contribution in [0, 0.1) is 11.3 Å². The minimum absolute atomic E-state index is 0.0689. The Labute approximate surface area is 137 Å². The molecule has 124 valence electrons. The van der Waals surface area contributed by atoms with E-state index >= 15 is 0 Å². The van der Waals surface area contributed by atoms with Gasteiger partial charge >= 0.3 is 0 Å². The highest BCUT2D eigenvalue weighted by Crippen LogP contribution is 2.58. The fourth-order valence-electron chi connectivity index (χ4n) is 3.47. The monoisotopic (exact) mass is 315 g/mol. The summed E-state index contributed by atoms with van der Waals surface area (Å²) in [6, 6.07) is 7.12. The number of carbonyl (C=O) groups is 2. The zero-order valence-corrected chi connectivity index (χ0v) is 13.7. The lowest BCUT2D eigenvalue weighted by Gasteiger charge is -2.23. The number of nitrogens with one attached hydrogen (secondary N) is 3.